The van der Waals surface area contributed by atoms with E-state index in [0.717, 1.165) is 9.87 Å². The second-order valence-corrected chi connectivity index (χ2v) is 7.92. The lowest BCUT2D eigenvalue weighted by atomic mass is 10.0. The van der Waals surface area contributed by atoms with E-state index in [1.807, 2.05) is 30.3 Å². The number of likely N-dealkylation sites (N-methyl/N-ethyl adjacent to an activating group) is 1. The smallest absolute Gasteiger partial charge is 0.244 e. The first-order chi connectivity index (χ1) is 13.0. The molecule has 0 aliphatic rings. The van der Waals surface area contributed by atoms with Crippen LogP contribution in [0.25, 0.3) is 0 Å². The van der Waals surface area contributed by atoms with Crippen molar-refractivity contribution in [3.8, 4) is 0 Å². The molecule has 0 radical (unpaired) electrons. The minimum absolute atomic E-state index is 0.0333. The molecule has 2 heterocycles. The van der Waals surface area contributed by atoms with Crippen LogP contribution in [0.5, 0.6) is 0 Å². The molecule has 1 unspecified atom stereocenters. The van der Waals surface area contributed by atoms with E-state index in [0.29, 0.717) is 5.76 Å². The molecule has 8 heteroatoms. The molecule has 0 aliphatic carbocycles. The number of nitrogens with zero attached hydrogens (tertiary/aromatic N) is 2. The molecule has 3 aromatic rings. The van der Waals surface area contributed by atoms with E-state index in [1.165, 1.54) is 37.8 Å². The van der Waals surface area contributed by atoms with Crippen LogP contribution in [0.15, 0.2) is 82.6 Å². The van der Waals surface area contributed by atoms with Crippen LogP contribution in [0.1, 0.15) is 17.4 Å². The number of nitrogens with one attached hydrogen (secondary N) is 1. The third-order valence-corrected chi connectivity index (χ3v) is 5.76. The van der Waals surface area contributed by atoms with E-state index in [4.69, 9.17) is 4.42 Å². The Balaban J connectivity index is 1.75. The first-order valence-electron chi connectivity index (χ1n) is 8.22. The maximum absolute atomic E-state index is 12.5. The molecule has 2 aromatic heterocycles. The third-order valence-electron chi connectivity index (χ3n) is 3.97. The second-order valence-electron chi connectivity index (χ2n) is 5.88. The molecule has 0 saturated carbocycles. The Morgan fingerprint density at radius 1 is 1.15 bits per heavy atom. The van der Waals surface area contributed by atoms with Crippen LogP contribution in [-0.4, -0.2) is 37.2 Å². The summed E-state index contributed by atoms with van der Waals surface area (Å²) in [6.45, 7) is -0.332. The topological polar surface area (TPSA) is 92.5 Å². The highest BCUT2D eigenvalue weighted by molar-refractivity contribution is 7.89. The lowest BCUT2D eigenvalue weighted by Crippen LogP contribution is -2.40. The van der Waals surface area contributed by atoms with Gasteiger partial charge in [-0.3, -0.25) is 9.78 Å². The molecule has 0 spiro atoms. The number of sulfonamides is 1. The van der Waals surface area contributed by atoms with Crippen molar-refractivity contribution in [2.24, 2.45) is 0 Å². The lowest BCUT2D eigenvalue weighted by molar-refractivity contribution is -0.121. The molecule has 140 valence electrons. The van der Waals surface area contributed by atoms with Crippen molar-refractivity contribution in [1.29, 1.82) is 0 Å². The average Bonchev–Trinajstić information content (AvgIpc) is 3.22. The number of carbonyl (C=O) groups is 1. The fourth-order valence-electron chi connectivity index (χ4n) is 2.59. The maximum Gasteiger partial charge on any atom is 0.244 e. The second kappa shape index (κ2) is 8.15. The molecule has 1 aromatic carbocycles. The van der Waals surface area contributed by atoms with Gasteiger partial charge in [-0.1, -0.05) is 30.3 Å². The normalized spacial score (nSPS) is 12.7. The van der Waals surface area contributed by atoms with Gasteiger partial charge >= 0.3 is 0 Å². The number of pyridine rings is 1. The van der Waals surface area contributed by atoms with E-state index in [2.05, 4.69) is 10.3 Å². The van der Waals surface area contributed by atoms with Crippen LogP contribution in [0.3, 0.4) is 0 Å². The van der Waals surface area contributed by atoms with Crippen LogP contribution in [-0.2, 0) is 14.8 Å². The summed E-state index contributed by atoms with van der Waals surface area (Å²) < 4.78 is 31.5. The zero-order chi connectivity index (χ0) is 19.3. The number of benzene rings is 1. The first kappa shape index (κ1) is 18.8. The Labute approximate surface area is 157 Å². The number of amides is 1. The Morgan fingerprint density at radius 3 is 2.56 bits per heavy atom. The molecular weight excluding hydrogens is 366 g/mol. The molecule has 0 aliphatic heterocycles. The summed E-state index contributed by atoms with van der Waals surface area (Å²) in [6.07, 6.45) is 4.26. The monoisotopic (exact) mass is 385 g/mol. The summed E-state index contributed by atoms with van der Waals surface area (Å²) in [5, 5.41) is 2.84. The van der Waals surface area contributed by atoms with Gasteiger partial charge in [0.2, 0.25) is 15.9 Å². The van der Waals surface area contributed by atoms with Gasteiger partial charge in [-0.15, -0.1) is 0 Å². The van der Waals surface area contributed by atoms with Gasteiger partial charge in [0, 0.05) is 19.4 Å². The number of aromatic nitrogens is 1. The van der Waals surface area contributed by atoms with Gasteiger partial charge in [0.05, 0.1) is 12.8 Å². The van der Waals surface area contributed by atoms with Crippen molar-refractivity contribution < 1.29 is 17.6 Å². The molecule has 0 fully saturated rings. The molecule has 1 amide bonds. The highest BCUT2D eigenvalue weighted by Gasteiger charge is 2.25. The molecule has 0 saturated heterocycles. The molecule has 7 nitrogen and oxygen atoms in total. The molecule has 3 rings (SSSR count). The van der Waals surface area contributed by atoms with Gasteiger partial charge in [0.15, 0.2) is 0 Å². The number of furan rings is 1. The van der Waals surface area contributed by atoms with Crippen molar-refractivity contribution in [1.82, 2.24) is 14.6 Å². The Hall–Kier alpha value is -2.97. The standard InChI is InChI=1S/C19H19N3O4S/c1-22(27(24,25)16-9-5-11-20-13-16)14-18(23)21-19(17-10-6-12-26-17)15-7-3-2-4-8-15/h2-13,19H,14H2,1H3,(H,21,23). The van der Waals surface area contributed by atoms with Gasteiger partial charge in [0.1, 0.15) is 16.7 Å². The van der Waals surface area contributed by atoms with Crippen LogP contribution in [0, 0.1) is 0 Å². The average molecular weight is 385 g/mol. The van der Waals surface area contributed by atoms with Gasteiger partial charge in [-0.05, 0) is 29.8 Å². The van der Waals surface area contributed by atoms with Crippen LogP contribution in [0.2, 0.25) is 0 Å². The quantitative estimate of drug-likeness (QED) is 0.673. The summed E-state index contributed by atoms with van der Waals surface area (Å²) in [7, 11) is -2.45. The van der Waals surface area contributed by atoms with E-state index in [1.54, 1.807) is 12.1 Å². The minimum atomic E-state index is -3.80. The van der Waals surface area contributed by atoms with Crippen molar-refractivity contribution in [2.45, 2.75) is 10.9 Å². The molecule has 27 heavy (non-hydrogen) atoms. The van der Waals surface area contributed by atoms with E-state index >= 15 is 0 Å². The molecule has 1 N–H and O–H groups in total. The van der Waals surface area contributed by atoms with Crippen LogP contribution >= 0.6 is 0 Å². The third kappa shape index (κ3) is 4.42. The number of carbonyl (C=O) groups excluding carboxylic acids is 1. The maximum atomic E-state index is 12.5. The van der Waals surface area contributed by atoms with Gasteiger partial charge in [-0.2, -0.15) is 4.31 Å². The molecule has 1 atom stereocenters. The molecular formula is C19H19N3O4S. The zero-order valence-electron chi connectivity index (χ0n) is 14.6. The van der Waals surface area contributed by atoms with E-state index < -0.39 is 22.0 Å². The fourth-order valence-corrected chi connectivity index (χ4v) is 3.68. The van der Waals surface area contributed by atoms with Gasteiger partial charge < -0.3 is 9.73 Å². The molecule has 0 bridgehead atoms. The summed E-state index contributed by atoms with van der Waals surface area (Å²) in [6, 6.07) is 15.3. The van der Waals surface area contributed by atoms with Crippen molar-refractivity contribution in [3.05, 3.63) is 84.6 Å². The van der Waals surface area contributed by atoms with Gasteiger partial charge in [0.25, 0.3) is 0 Å². The SMILES string of the molecule is CN(CC(=O)NC(c1ccccc1)c1ccco1)S(=O)(=O)c1cccnc1. The zero-order valence-corrected chi connectivity index (χ0v) is 15.5. The van der Waals surface area contributed by atoms with E-state index in [9.17, 15) is 13.2 Å². The number of hydrogen-bond donors (Lipinski definition) is 1. The van der Waals surface area contributed by atoms with Crippen LogP contribution < -0.4 is 5.32 Å². The van der Waals surface area contributed by atoms with E-state index in [-0.39, 0.29) is 11.4 Å². The highest BCUT2D eigenvalue weighted by atomic mass is 32.2. The van der Waals surface area contributed by atoms with Crippen molar-refractivity contribution in [3.63, 3.8) is 0 Å². The summed E-state index contributed by atoms with van der Waals surface area (Å²) >= 11 is 0. The Kier molecular flexibility index (Phi) is 5.68. The minimum Gasteiger partial charge on any atom is -0.467 e. The highest BCUT2D eigenvalue weighted by Crippen LogP contribution is 2.22. The summed E-state index contributed by atoms with van der Waals surface area (Å²) in [5.74, 6) is 0.113. The summed E-state index contributed by atoms with van der Waals surface area (Å²) in [5.41, 5.74) is 0.832. The van der Waals surface area contributed by atoms with Crippen molar-refractivity contribution >= 4 is 15.9 Å². The fraction of sp³-hybridized carbons (Fsp3) is 0.158. The lowest BCUT2D eigenvalue weighted by Gasteiger charge is -2.20. The Bertz CT molecular complexity index is 974. The Morgan fingerprint density at radius 2 is 1.93 bits per heavy atom. The van der Waals surface area contributed by atoms with Crippen molar-refractivity contribution in [2.75, 3.05) is 13.6 Å². The summed E-state index contributed by atoms with van der Waals surface area (Å²) in [4.78, 5) is 16.4. The predicted molar refractivity (Wildman–Crippen MR) is 99.2 cm³/mol. The largest absolute Gasteiger partial charge is 0.467 e. The predicted octanol–water partition coefficient (Wildman–Crippen LogP) is 2.20. The van der Waals surface area contributed by atoms with Crippen LogP contribution in [0.4, 0.5) is 0 Å². The van der Waals surface area contributed by atoms with Gasteiger partial charge in [-0.25, -0.2) is 8.42 Å². The first-order valence-corrected chi connectivity index (χ1v) is 9.66. The number of rotatable bonds is 7. The number of hydrogen-bond acceptors (Lipinski definition) is 5.